The van der Waals surface area contributed by atoms with Crippen LogP contribution in [0.3, 0.4) is 0 Å². The SMILES string of the molecule is CP(=O)(ONCc1ccc(Cl)cc1)ONCc1ccc(Cl)cc1.O=P(O)(O)Cc1ccc(C(F)(F)F)cc1. The molecule has 0 spiro atoms. The van der Waals surface area contributed by atoms with Gasteiger partial charge in [0, 0.05) is 29.8 Å². The summed E-state index contributed by atoms with van der Waals surface area (Å²) in [6.45, 7) is 2.14. The monoisotopic (exact) mass is 614 g/mol. The molecule has 8 nitrogen and oxygen atoms in total. The average Bonchev–Trinajstić information content (AvgIpc) is 2.81. The van der Waals surface area contributed by atoms with Crippen molar-refractivity contribution >= 4 is 38.4 Å². The Morgan fingerprint density at radius 3 is 1.45 bits per heavy atom. The van der Waals surface area contributed by atoms with E-state index in [1.54, 1.807) is 24.3 Å². The Labute approximate surface area is 227 Å². The number of hydrogen-bond acceptors (Lipinski definition) is 6. The lowest BCUT2D eigenvalue weighted by atomic mass is 10.1. The van der Waals surface area contributed by atoms with E-state index in [0.29, 0.717) is 23.1 Å². The Hall–Kier alpha value is -1.75. The van der Waals surface area contributed by atoms with Crippen molar-refractivity contribution in [2.24, 2.45) is 0 Å². The van der Waals surface area contributed by atoms with Gasteiger partial charge in [0.05, 0.1) is 11.7 Å². The molecule has 38 heavy (non-hydrogen) atoms. The number of halogens is 5. The lowest BCUT2D eigenvalue weighted by Crippen LogP contribution is -2.18. The van der Waals surface area contributed by atoms with Gasteiger partial charge in [0.1, 0.15) is 0 Å². The average molecular weight is 615 g/mol. The lowest BCUT2D eigenvalue weighted by molar-refractivity contribution is -0.137. The first-order valence-electron chi connectivity index (χ1n) is 10.7. The molecule has 0 saturated carbocycles. The minimum absolute atomic E-state index is 0.177. The fraction of sp³-hybridized carbons (Fsp3) is 0.217. The summed E-state index contributed by atoms with van der Waals surface area (Å²) in [6.07, 6.45) is -4.98. The maximum atomic E-state index is 12.1. The van der Waals surface area contributed by atoms with Crippen LogP contribution in [0, 0.1) is 0 Å². The van der Waals surface area contributed by atoms with Crippen molar-refractivity contribution in [2.75, 3.05) is 6.66 Å². The first-order chi connectivity index (χ1) is 17.6. The summed E-state index contributed by atoms with van der Waals surface area (Å²) in [7, 11) is -7.48. The third-order valence-corrected chi connectivity index (χ3v) is 6.71. The molecule has 4 N–H and O–H groups in total. The van der Waals surface area contributed by atoms with Gasteiger partial charge in [-0.1, -0.05) is 59.6 Å². The van der Waals surface area contributed by atoms with Gasteiger partial charge >= 0.3 is 21.4 Å². The van der Waals surface area contributed by atoms with E-state index in [0.717, 1.165) is 35.4 Å². The van der Waals surface area contributed by atoms with Gasteiger partial charge in [0.15, 0.2) is 0 Å². The normalized spacial score (nSPS) is 12.1. The minimum atomic E-state index is -4.43. The molecule has 0 saturated heterocycles. The summed E-state index contributed by atoms with van der Waals surface area (Å²) in [5.41, 5.74) is 6.49. The van der Waals surface area contributed by atoms with Gasteiger partial charge in [-0.2, -0.15) is 24.1 Å². The van der Waals surface area contributed by atoms with Crippen molar-refractivity contribution < 1.29 is 41.3 Å². The summed E-state index contributed by atoms with van der Waals surface area (Å²) in [6, 6.07) is 18.2. The van der Waals surface area contributed by atoms with E-state index in [4.69, 9.17) is 42.2 Å². The van der Waals surface area contributed by atoms with E-state index in [2.05, 4.69) is 11.0 Å². The van der Waals surface area contributed by atoms with Crippen molar-refractivity contribution in [2.45, 2.75) is 25.4 Å². The van der Waals surface area contributed by atoms with Gasteiger partial charge in [-0.05, 0) is 53.1 Å². The predicted molar refractivity (Wildman–Crippen MR) is 139 cm³/mol. The van der Waals surface area contributed by atoms with E-state index in [9.17, 15) is 22.3 Å². The van der Waals surface area contributed by atoms with Gasteiger partial charge in [-0.3, -0.25) is 9.13 Å². The molecule has 0 radical (unpaired) electrons. The molecule has 0 atom stereocenters. The van der Waals surface area contributed by atoms with Crippen LogP contribution in [0.2, 0.25) is 10.0 Å². The second-order valence-electron chi connectivity index (χ2n) is 7.87. The fourth-order valence-electron chi connectivity index (χ4n) is 2.73. The zero-order valence-electron chi connectivity index (χ0n) is 19.9. The van der Waals surface area contributed by atoms with Gasteiger partial charge < -0.3 is 9.79 Å². The van der Waals surface area contributed by atoms with Gasteiger partial charge in [-0.25, -0.2) is 9.25 Å². The molecule has 0 bridgehead atoms. The van der Waals surface area contributed by atoms with Crippen LogP contribution in [-0.2, 0) is 43.8 Å². The molecule has 0 amide bonds. The Morgan fingerprint density at radius 2 is 1.11 bits per heavy atom. The minimum Gasteiger partial charge on any atom is -0.324 e. The number of hydroxylamine groups is 2. The summed E-state index contributed by atoms with van der Waals surface area (Å²) >= 11 is 11.6. The maximum absolute atomic E-state index is 12.1. The Kier molecular flexibility index (Phi) is 12.5. The largest absolute Gasteiger partial charge is 0.416 e. The van der Waals surface area contributed by atoms with Crippen molar-refractivity contribution in [3.63, 3.8) is 0 Å². The molecule has 0 aliphatic heterocycles. The molecule has 3 aromatic rings. The quantitative estimate of drug-likeness (QED) is 0.143. The first kappa shape index (κ1) is 32.5. The smallest absolute Gasteiger partial charge is 0.324 e. The standard InChI is InChI=1S/C15H17Cl2N2O3P.C8H8F3O3P/c1-23(20,21-18-10-12-2-6-14(16)7-3-12)22-19-11-13-4-8-15(17)9-5-13;9-8(10,11)7-3-1-6(2-4-7)5-15(12,13)14/h2-9,18-19H,10-11H2,1H3;1-4H,5H2,(H2,12,13,14). The molecule has 3 rings (SSSR count). The van der Waals surface area contributed by atoms with Gasteiger partial charge in [0.2, 0.25) is 0 Å². The fourth-order valence-corrected chi connectivity index (χ4v) is 4.30. The Balaban J connectivity index is 0.000000293. The van der Waals surface area contributed by atoms with Crippen molar-refractivity contribution in [1.29, 1.82) is 0 Å². The van der Waals surface area contributed by atoms with Crippen LogP contribution in [0.1, 0.15) is 22.3 Å². The van der Waals surface area contributed by atoms with Gasteiger partial charge in [0.25, 0.3) is 0 Å². The number of rotatable bonds is 10. The Morgan fingerprint density at radius 1 is 0.737 bits per heavy atom. The van der Waals surface area contributed by atoms with Crippen LogP contribution < -0.4 is 11.0 Å². The number of nitrogens with one attached hydrogen (secondary N) is 2. The van der Waals surface area contributed by atoms with E-state index in [1.807, 2.05) is 24.3 Å². The highest BCUT2D eigenvalue weighted by Crippen LogP contribution is 2.41. The van der Waals surface area contributed by atoms with Crippen molar-refractivity contribution in [3.05, 3.63) is 105 Å². The molecule has 0 fully saturated rings. The zero-order chi connectivity index (χ0) is 28.4. The first-order valence-corrected chi connectivity index (χ1v) is 15.3. The Bertz CT molecular complexity index is 1190. The third-order valence-electron chi connectivity index (χ3n) is 4.51. The van der Waals surface area contributed by atoms with Crippen LogP contribution in [0.15, 0.2) is 72.8 Å². The molecule has 0 aromatic heterocycles. The van der Waals surface area contributed by atoms with E-state index in [1.165, 1.54) is 6.66 Å². The van der Waals surface area contributed by atoms with Crippen LogP contribution in [0.5, 0.6) is 0 Å². The van der Waals surface area contributed by atoms with Gasteiger partial charge in [-0.15, -0.1) is 0 Å². The van der Waals surface area contributed by atoms with E-state index >= 15 is 0 Å². The summed E-state index contributed by atoms with van der Waals surface area (Å²) in [5.74, 6) is 0. The highest BCUT2D eigenvalue weighted by atomic mass is 35.5. The van der Waals surface area contributed by atoms with Crippen LogP contribution in [0.25, 0.3) is 0 Å². The van der Waals surface area contributed by atoms with E-state index in [-0.39, 0.29) is 5.56 Å². The summed E-state index contributed by atoms with van der Waals surface area (Å²) in [4.78, 5) is 17.2. The topological polar surface area (TPSA) is 117 Å². The lowest BCUT2D eigenvalue weighted by Gasteiger charge is -2.14. The molecule has 208 valence electrons. The molecule has 0 aliphatic carbocycles. The molecule has 0 aliphatic rings. The maximum Gasteiger partial charge on any atom is 0.416 e. The number of benzene rings is 3. The predicted octanol–water partition coefficient (Wildman–Crippen LogP) is 6.94. The van der Waals surface area contributed by atoms with Crippen molar-refractivity contribution in [3.8, 4) is 0 Å². The molecular formula is C23H25Cl2F3N2O6P2. The summed E-state index contributed by atoms with van der Waals surface area (Å²) in [5, 5.41) is 1.32. The third kappa shape index (κ3) is 13.4. The summed E-state index contributed by atoms with van der Waals surface area (Å²) < 4.78 is 69.1. The van der Waals surface area contributed by atoms with Crippen LogP contribution in [-0.4, -0.2) is 16.5 Å². The highest BCUT2D eigenvalue weighted by Gasteiger charge is 2.30. The second kappa shape index (κ2) is 14.6. The number of hydrogen-bond donors (Lipinski definition) is 4. The van der Waals surface area contributed by atoms with Crippen LogP contribution in [0.4, 0.5) is 13.2 Å². The molecule has 15 heteroatoms. The zero-order valence-corrected chi connectivity index (χ0v) is 23.2. The van der Waals surface area contributed by atoms with E-state index < -0.39 is 33.1 Å². The second-order valence-corrected chi connectivity index (χ2v) is 12.3. The molecule has 0 heterocycles. The highest BCUT2D eigenvalue weighted by molar-refractivity contribution is 7.52. The molecule has 0 unspecified atom stereocenters. The number of alkyl halides is 3. The molecular weight excluding hydrogens is 590 g/mol. The molecule has 3 aromatic carbocycles. The van der Waals surface area contributed by atoms with Crippen molar-refractivity contribution in [1.82, 2.24) is 11.0 Å². The van der Waals surface area contributed by atoms with Crippen LogP contribution >= 0.6 is 38.4 Å².